The number of benzene rings is 6. The second-order valence-electron chi connectivity index (χ2n) is 13.4. The summed E-state index contributed by atoms with van der Waals surface area (Å²) in [6.07, 6.45) is 0. The molecular weight excluding hydrogens is 663 g/mol. The van der Waals surface area contributed by atoms with Crippen molar-refractivity contribution in [2.24, 2.45) is 0 Å². The lowest BCUT2D eigenvalue weighted by molar-refractivity contribution is 1.07. The fraction of sp³-hybridized carbons (Fsp3) is 0. The Morgan fingerprint density at radius 2 is 0.667 bits per heavy atom. The van der Waals surface area contributed by atoms with Gasteiger partial charge in [0.2, 0.25) is 0 Å². The van der Waals surface area contributed by atoms with Crippen LogP contribution in [0, 0.1) is 0 Å². The summed E-state index contributed by atoms with van der Waals surface area (Å²) < 4.78 is 4.56. The largest absolute Gasteiger partial charge is 0.308 e. The predicted octanol–water partition coefficient (Wildman–Crippen LogP) is 11.0. The Bertz CT molecular complexity index is 3130. The minimum Gasteiger partial charge on any atom is -0.308 e. The van der Waals surface area contributed by atoms with Crippen LogP contribution in [0.2, 0.25) is 0 Å². The number of para-hydroxylation sites is 3. The first-order chi connectivity index (χ1) is 26.8. The van der Waals surface area contributed by atoms with Crippen molar-refractivity contribution in [2.75, 3.05) is 0 Å². The van der Waals surface area contributed by atoms with Crippen LogP contribution in [0.25, 0.3) is 100 Å². The number of fused-ring (bicyclic) bond motifs is 7. The normalized spacial score (nSPS) is 11.7. The van der Waals surface area contributed by atoms with E-state index in [1.807, 2.05) is 66.7 Å². The van der Waals surface area contributed by atoms with Gasteiger partial charge in [0.05, 0.1) is 44.1 Å². The van der Waals surface area contributed by atoms with Crippen molar-refractivity contribution in [1.82, 2.24) is 34.1 Å². The second kappa shape index (κ2) is 12.0. The molecule has 0 bridgehead atoms. The summed E-state index contributed by atoms with van der Waals surface area (Å²) in [4.78, 5) is 25.4. The summed E-state index contributed by atoms with van der Waals surface area (Å²) in [5.74, 6) is 1.89. The van der Waals surface area contributed by atoms with E-state index in [2.05, 4.69) is 118 Å². The van der Waals surface area contributed by atoms with Crippen molar-refractivity contribution in [1.29, 1.82) is 0 Å². The molecule has 0 atom stereocenters. The topological polar surface area (TPSA) is 74.3 Å². The van der Waals surface area contributed by atoms with Gasteiger partial charge in [0.15, 0.2) is 17.5 Å². The van der Waals surface area contributed by atoms with E-state index in [4.69, 9.17) is 24.9 Å². The zero-order chi connectivity index (χ0) is 35.6. The maximum absolute atomic E-state index is 5.33. The molecule has 0 saturated carbocycles. The van der Waals surface area contributed by atoms with E-state index in [1.54, 1.807) is 0 Å². The molecule has 6 aromatic carbocycles. The standard InChI is InChI=1S/C47H29N7/c1-4-14-30(15-5-1)45-50-46(31-16-6-2-7-17-31)52-47(51-45)32-24-26-34(27-25-32)54-40-23-13-11-21-36(40)44-42(54)29-38-37(49-44)28-41-43(48-38)35-20-10-12-22-39(35)53(41)33-18-8-3-9-19-33/h1-29H. The number of hydrogen-bond donors (Lipinski definition) is 0. The molecule has 0 spiro atoms. The zero-order valence-electron chi connectivity index (χ0n) is 28.9. The van der Waals surface area contributed by atoms with Crippen molar-refractivity contribution >= 4 is 54.9 Å². The van der Waals surface area contributed by atoms with Crippen LogP contribution in [0.1, 0.15) is 0 Å². The highest BCUT2D eigenvalue weighted by Crippen LogP contribution is 2.37. The Morgan fingerprint density at radius 3 is 1.13 bits per heavy atom. The highest BCUT2D eigenvalue weighted by molar-refractivity contribution is 6.13. The van der Waals surface area contributed by atoms with Gasteiger partial charge < -0.3 is 9.13 Å². The van der Waals surface area contributed by atoms with Crippen LogP contribution >= 0.6 is 0 Å². The number of aromatic nitrogens is 7. The highest BCUT2D eigenvalue weighted by Gasteiger charge is 2.19. The number of rotatable bonds is 5. The lowest BCUT2D eigenvalue weighted by Gasteiger charge is -2.11. The molecule has 0 saturated heterocycles. The van der Waals surface area contributed by atoms with Crippen LogP contribution in [-0.2, 0) is 0 Å². The molecule has 0 radical (unpaired) electrons. The van der Waals surface area contributed by atoms with Crippen molar-refractivity contribution in [3.8, 4) is 45.5 Å². The average molecular weight is 692 g/mol. The summed E-state index contributed by atoms with van der Waals surface area (Å²) in [5.41, 5.74) is 12.7. The molecule has 5 heterocycles. The lowest BCUT2D eigenvalue weighted by atomic mass is 10.1. The van der Waals surface area contributed by atoms with Crippen LogP contribution in [0.5, 0.6) is 0 Å². The summed E-state index contributed by atoms with van der Waals surface area (Å²) in [6.45, 7) is 0. The summed E-state index contributed by atoms with van der Waals surface area (Å²) in [6, 6.07) is 60.3. The summed E-state index contributed by atoms with van der Waals surface area (Å²) in [5, 5.41) is 2.19. The van der Waals surface area contributed by atoms with Gasteiger partial charge in [0, 0.05) is 38.8 Å². The Hall–Kier alpha value is -7.51. The maximum Gasteiger partial charge on any atom is 0.164 e. The highest BCUT2D eigenvalue weighted by atomic mass is 15.0. The number of hydrogen-bond acceptors (Lipinski definition) is 5. The van der Waals surface area contributed by atoms with E-state index >= 15 is 0 Å². The third-order valence-corrected chi connectivity index (χ3v) is 10.1. The molecule has 0 unspecified atom stereocenters. The second-order valence-corrected chi connectivity index (χ2v) is 13.4. The summed E-state index contributed by atoms with van der Waals surface area (Å²) in [7, 11) is 0. The van der Waals surface area contributed by atoms with E-state index < -0.39 is 0 Å². The van der Waals surface area contributed by atoms with Gasteiger partial charge in [0.1, 0.15) is 0 Å². The van der Waals surface area contributed by atoms with E-state index in [9.17, 15) is 0 Å². The Kier molecular flexibility index (Phi) is 6.72. The molecule has 252 valence electrons. The third-order valence-electron chi connectivity index (χ3n) is 10.1. The molecule has 7 nitrogen and oxygen atoms in total. The molecule has 0 aliphatic carbocycles. The van der Waals surface area contributed by atoms with Gasteiger partial charge in [-0.25, -0.2) is 24.9 Å². The number of pyridine rings is 2. The maximum atomic E-state index is 5.33. The Morgan fingerprint density at radius 1 is 0.296 bits per heavy atom. The average Bonchev–Trinajstić information content (AvgIpc) is 3.74. The summed E-state index contributed by atoms with van der Waals surface area (Å²) >= 11 is 0. The van der Waals surface area contributed by atoms with Gasteiger partial charge in [-0.2, -0.15) is 0 Å². The Labute approximate surface area is 309 Å². The zero-order valence-corrected chi connectivity index (χ0v) is 28.9. The number of nitrogens with zero attached hydrogens (tertiary/aromatic N) is 7. The molecule has 5 aromatic heterocycles. The first-order valence-corrected chi connectivity index (χ1v) is 17.9. The minimum absolute atomic E-state index is 0.618. The molecule has 0 aliphatic heterocycles. The molecule has 0 fully saturated rings. The molecule has 11 aromatic rings. The lowest BCUT2D eigenvalue weighted by Crippen LogP contribution is -2.00. The molecule has 0 amide bonds. The van der Waals surface area contributed by atoms with Crippen LogP contribution in [-0.4, -0.2) is 34.1 Å². The van der Waals surface area contributed by atoms with Crippen molar-refractivity contribution in [2.45, 2.75) is 0 Å². The molecule has 54 heavy (non-hydrogen) atoms. The fourth-order valence-electron chi connectivity index (χ4n) is 7.64. The van der Waals surface area contributed by atoms with Gasteiger partial charge >= 0.3 is 0 Å². The van der Waals surface area contributed by atoms with Crippen molar-refractivity contribution in [3.63, 3.8) is 0 Å². The minimum atomic E-state index is 0.618. The van der Waals surface area contributed by atoms with Crippen LogP contribution in [0.4, 0.5) is 0 Å². The first kappa shape index (κ1) is 30.1. The van der Waals surface area contributed by atoms with Crippen LogP contribution in [0.3, 0.4) is 0 Å². The van der Waals surface area contributed by atoms with Crippen LogP contribution < -0.4 is 0 Å². The van der Waals surface area contributed by atoms with E-state index in [-0.39, 0.29) is 0 Å². The molecule has 11 rings (SSSR count). The van der Waals surface area contributed by atoms with Crippen LogP contribution in [0.15, 0.2) is 176 Å². The van der Waals surface area contributed by atoms with E-state index in [0.717, 1.165) is 83.0 Å². The molecule has 0 aliphatic rings. The van der Waals surface area contributed by atoms with Gasteiger partial charge in [0.25, 0.3) is 0 Å². The fourth-order valence-corrected chi connectivity index (χ4v) is 7.64. The predicted molar refractivity (Wildman–Crippen MR) is 218 cm³/mol. The SMILES string of the molecule is c1ccc(-c2nc(-c3ccccc3)nc(-c3ccc(-n4c5ccccc5c5nc6cc7c(nc6cc54)c4ccccc4n7-c4ccccc4)cc3)n2)cc1. The van der Waals surface area contributed by atoms with Gasteiger partial charge in [-0.1, -0.05) is 115 Å². The van der Waals surface area contributed by atoms with E-state index in [0.29, 0.717) is 17.5 Å². The van der Waals surface area contributed by atoms with Crippen molar-refractivity contribution < 1.29 is 0 Å². The van der Waals surface area contributed by atoms with Gasteiger partial charge in [-0.3, -0.25) is 0 Å². The Balaban J connectivity index is 1.08. The smallest absolute Gasteiger partial charge is 0.164 e. The van der Waals surface area contributed by atoms with Gasteiger partial charge in [-0.15, -0.1) is 0 Å². The van der Waals surface area contributed by atoms with Crippen molar-refractivity contribution in [3.05, 3.63) is 176 Å². The quantitative estimate of drug-likeness (QED) is 0.180. The molecule has 7 heteroatoms. The van der Waals surface area contributed by atoms with Gasteiger partial charge in [-0.05, 0) is 60.7 Å². The molecule has 0 N–H and O–H groups in total. The third kappa shape index (κ3) is 4.79. The first-order valence-electron chi connectivity index (χ1n) is 17.9. The van der Waals surface area contributed by atoms with E-state index in [1.165, 1.54) is 0 Å². The molecular formula is C47H29N7. The monoisotopic (exact) mass is 691 g/mol.